The van der Waals surface area contributed by atoms with Crippen molar-refractivity contribution in [2.45, 2.75) is 46.1 Å². The fourth-order valence-electron chi connectivity index (χ4n) is 3.10. The first-order valence-electron chi connectivity index (χ1n) is 6.54. The Bertz CT molecular complexity index is 651. The summed E-state index contributed by atoms with van der Waals surface area (Å²) in [5, 5.41) is 0. The third-order valence-electron chi connectivity index (χ3n) is 4.13. The third kappa shape index (κ3) is 1.79. The average molecular weight is 261 g/mol. The molecule has 1 unspecified atom stereocenters. The number of hydrogen-bond donors (Lipinski definition) is 1. The molecule has 4 heteroatoms. The van der Waals surface area contributed by atoms with E-state index in [9.17, 15) is 0 Å². The molecule has 1 saturated carbocycles. The molecule has 0 radical (unpaired) electrons. The minimum absolute atomic E-state index is 0.423. The Hall–Kier alpha value is -1.16. The summed E-state index contributed by atoms with van der Waals surface area (Å²) in [5.74, 6) is 0. The van der Waals surface area contributed by atoms with E-state index in [1.807, 2.05) is 12.3 Å². The number of H-pyrrole nitrogens is 1. The van der Waals surface area contributed by atoms with Gasteiger partial charge in [0.2, 0.25) is 0 Å². The normalized spacial score (nSPS) is 22.7. The van der Waals surface area contributed by atoms with E-state index in [0.717, 1.165) is 15.9 Å². The quantitative estimate of drug-likeness (QED) is 0.782. The molecule has 0 amide bonds. The Kier molecular flexibility index (Phi) is 2.59. The summed E-state index contributed by atoms with van der Waals surface area (Å²) in [5.41, 5.74) is 3.74. The van der Waals surface area contributed by atoms with Crippen LogP contribution >= 0.6 is 12.2 Å². The van der Waals surface area contributed by atoms with E-state index in [1.165, 1.54) is 24.8 Å². The molecule has 1 aliphatic carbocycles. The topological polar surface area (TPSA) is 33.6 Å². The minimum atomic E-state index is 0.423. The van der Waals surface area contributed by atoms with Gasteiger partial charge in [-0.05, 0) is 55.4 Å². The fraction of sp³-hybridized carbons (Fsp3) is 0.571. The largest absolute Gasteiger partial charge is 0.329 e. The molecule has 1 fully saturated rings. The van der Waals surface area contributed by atoms with Crippen molar-refractivity contribution in [3.8, 4) is 0 Å². The van der Waals surface area contributed by atoms with E-state index < -0.39 is 0 Å². The van der Waals surface area contributed by atoms with Gasteiger partial charge in [0, 0.05) is 12.2 Å². The van der Waals surface area contributed by atoms with E-state index >= 15 is 0 Å². The zero-order chi connectivity index (χ0) is 12.9. The number of rotatable bonds is 1. The van der Waals surface area contributed by atoms with Crippen LogP contribution in [0.25, 0.3) is 11.2 Å². The van der Waals surface area contributed by atoms with E-state index in [-0.39, 0.29) is 0 Å². The summed E-state index contributed by atoms with van der Waals surface area (Å²) in [6, 6.07) is 2.52. The Morgan fingerprint density at radius 3 is 2.94 bits per heavy atom. The van der Waals surface area contributed by atoms with Crippen LogP contribution in [-0.4, -0.2) is 14.5 Å². The van der Waals surface area contributed by atoms with Crippen molar-refractivity contribution in [3.63, 3.8) is 0 Å². The second kappa shape index (κ2) is 3.92. The second-order valence-corrected chi connectivity index (χ2v) is 6.57. The van der Waals surface area contributed by atoms with Gasteiger partial charge in [-0.25, -0.2) is 4.98 Å². The highest BCUT2D eigenvalue weighted by molar-refractivity contribution is 7.71. The van der Waals surface area contributed by atoms with Crippen molar-refractivity contribution >= 4 is 23.4 Å². The van der Waals surface area contributed by atoms with Crippen LogP contribution < -0.4 is 0 Å². The number of fused-ring (bicyclic) bond motifs is 1. The lowest BCUT2D eigenvalue weighted by Gasteiger charge is -2.18. The standard InChI is InChI=1S/C14H19N3S/c1-9-5-7-15-12-11(9)16-13(18)17(12)10-4-6-14(2,3)8-10/h5,7,10H,4,6,8H2,1-3H3,(H,16,18). The van der Waals surface area contributed by atoms with Gasteiger partial charge in [0.1, 0.15) is 0 Å². The van der Waals surface area contributed by atoms with Crippen molar-refractivity contribution in [1.29, 1.82) is 0 Å². The molecule has 1 atom stereocenters. The summed E-state index contributed by atoms with van der Waals surface area (Å²) in [7, 11) is 0. The number of nitrogens with zero attached hydrogens (tertiary/aromatic N) is 2. The Morgan fingerprint density at radius 1 is 1.50 bits per heavy atom. The van der Waals surface area contributed by atoms with Gasteiger partial charge in [-0.3, -0.25) is 4.57 Å². The zero-order valence-corrected chi connectivity index (χ0v) is 12.0. The van der Waals surface area contributed by atoms with Crippen LogP contribution in [0.15, 0.2) is 12.3 Å². The molecule has 2 aromatic heterocycles. The van der Waals surface area contributed by atoms with Crippen LogP contribution in [0.3, 0.4) is 0 Å². The molecule has 2 aromatic rings. The van der Waals surface area contributed by atoms with E-state index in [2.05, 4.69) is 35.3 Å². The van der Waals surface area contributed by atoms with Crippen molar-refractivity contribution < 1.29 is 0 Å². The maximum Gasteiger partial charge on any atom is 0.179 e. The molecule has 1 N–H and O–H groups in total. The van der Waals surface area contributed by atoms with Crippen LogP contribution in [0.2, 0.25) is 0 Å². The summed E-state index contributed by atoms with van der Waals surface area (Å²) in [4.78, 5) is 7.84. The van der Waals surface area contributed by atoms with Crippen LogP contribution in [0.5, 0.6) is 0 Å². The second-order valence-electron chi connectivity index (χ2n) is 6.19. The van der Waals surface area contributed by atoms with Crippen LogP contribution in [0.1, 0.15) is 44.7 Å². The summed E-state index contributed by atoms with van der Waals surface area (Å²) in [6.07, 6.45) is 5.52. The maximum atomic E-state index is 5.49. The number of imidazole rings is 1. The highest BCUT2D eigenvalue weighted by Gasteiger charge is 2.33. The third-order valence-corrected chi connectivity index (χ3v) is 4.42. The van der Waals surface area contributed by atoms with Crippen molar-refractivity contribution in [3.05, 3.63) is 22.6 Å². The van der Waals surface area contributed by atoms with E-state index in [0.29, 0.717) is 11.5 Å². The average Bonchev–Trinajstić information content (AvgIpc) is 2.79. The molecule has 0 bridgehead atoms. The molecular formula is C14H19N3S. The van der Waals surface area contributed by atoms with Crippen molar-refractivity contribution in [1.82, 2.24) is 14.5 Å². The van der Waals surface area contributed by atoms with Gasteiger partial charge in [0.05, 0.1) is 5.52 Å². The molecule has 3 nitrogen and oxygen atoms in total. The first-order valence-corrected chi connectivity index (χ1v) is 6.95. The number of aromatic nitrogens is 3. The van der Waals surface area contributed by atoms with Crippen LogP contribution in [-0.2, 0) is 0 Å². The zero-order valence-electron chi connectivity index (χ0n) is 11.2. The monoisotopic (exact) mass is 261 g/mol. The summed E-state index contributed by atoms with van der Waals surface area (Å²) < 4.78 is 3.04. The first kappa shape index (κ1) is 11.9. The predicted octanol–water partition coefficient (Wildman–Crippen LogP) is 4.15. The Balaban J connectivity index is 2.16. The molecule has 3 rings (SSSR count). The van der Waals surface area contributed by atoms with Gasteiger partial charge >= 0.3 is 0 Å². The van der Waals surface area contributed by atoms with Gasteiger partial charge in [-0.15, -0.1) is 0 Å². The molecule has 2 heterocycles. The van der Waals surface area contributed by atoms with E-state index in [4.69, 9.17) is 12.2 Å². The SMILES string of the molecule is Cc1ccnc2c1[nH]c(=S)n2C1CCC(C)(C)C1. The Morgan fingerprint density at radius 2 is 2.28 bits per heavy atom. The molecular weight excluding hydrogens is 242 g/mol. The molecule has 0 aromatic carbocycles. The fourth-order valence-corrected chi connectivity index (χ4v) is 3.44. The lowest BCUT2D eigenvalue weighted by atomic mass is 9.92. The number of aryl methyl sites for hydroxylation is 1. The molecule has 96 valence electrons. The van der Waals surface area contributed by atoms with Crippen LogP contribution in [0.4, 0.5) is 0 Å². The van der Waals surface area contributed by atoms with E-state index in [1.54, 1.807) is 0 Å². The highest BCUT2D eigenvalue weighted by atomic mass is 32.1. The first-order chi connectivity index (χ1) is 8.48. The Labute approximate surface area is 112 Å². The van der Waals surface area contributed by atoms with Gasteiger partial charge < -0.3 is 4.98 Å². The van der Waals surface area contributed by atoms with Gasteiger partial charge in [-0.2, -0.15) is 0 Å². The minimum Gasteiger partial charge on any atom is -0.329 e. The van der Waals surface area contributed by atoms with Gasteiger partial charge in [0.15, 0.2) is 10.4 Å². The van der Waals surface area contributed by atoms with Crippen molar-refractivity contribution in [2.75, 3.05) is 0 Å². The number of nitrogens with one attached hydrogen (secondary N) is 1. The van der Waals surface area contributed by atoms with Crippen molar-refractivity contribution in [2.24, 2.45) is 5.41 Å². The maximum absolute atomic E-state index is 5.49. The summed E-state index contributed by atoms with van der Waals surface area (Å²) >= 11 is 5.49. The molecule has 18 heavy (non-hydrogen) atoms. The van der Waals surface area contributed by atoms with Crippen LogP contribution in [0, 0.1) is 17.1 Å². The number of hydrogen-bond acceptors (Lipinski definition) is 2. The summed E-state index contributed by atoms with van der Waals surface area (Å²) in [6.45, 7) is 6.77. The molecule has 0 spiro atoms. The lowest BCUT2D eigenvalue weighted by Crippen LogP contribution is -2.09. The molecule has 0 saturated heterocycles. The highest BCUT2D eigenvalue weighted by Crippen LogP contribution is 2.44. The predicted molar refractivity (Wildman–Crippen MR) is 76.3 cm³/mol. The molecule has 0 aliphatic heterocycles. The van der Waals surface area contributed by atoms with Gasteiger partial charge in [0.25, 0.3) is 0 Å². The van der Waals surface area contributed by atoms with Gasteiger partial charge in [-0.1, -0.05) is 13.8 Å². The lowest BCUT2D eigenvalue weighted by molar-refractivity contribution is 0.359. The smallest absolute Gasteiger partial charge is 0.179 e. The molecule has 1 aliphatic rings. The number of aromatic amines is 1. The number of pyridine rings is 1.